The Morgan fingerprint density at radius 2 is 1.88 bits per heavy atom. The second-order valence-electron chi connectivity index (χ2n) is 3.31. The number of aliphatic carboxylic acids is 1. The highest BCUT2D eigenvalue weighted by molar-refractivity contribution is 5.93. The summed E-state index contributed by atoms with van der Waals surface area (Å²) in [5.41, 5.74) is 0.887. The van der Waals surface area contributed by atoms with Crippen molar-refractivity contribution in [3.8, 4) is 0 Å². The Bertz CT molecular complexity index is 401. The van der Waals surface area contributed by atoms with Crippen molar-refractivity contribution < 1.29 is 14.7 Å². The van der Waals surface area contributed by atoms with Gasteiger partial charge in [-0.1, -0.05) is 30.3 Å². The number of benzene rings is 1. The van der Waals surface area contributed by atoms with E-state index in [1.54, 1.807) is 6.08 Å². The molecule has 0 atom stereocenters. The van der Waals surface area contributed by atoms with Gasteiger partial charge in [-0.3, -0.25) is 4.79 Å². The van der Waals surface area contributed by atoms with Crippen LogP contribution < -0.4 is 11.3 Å². The molecule has 0 saturated carbocycles. The quantitative estimate of drug-likeness (QED) is 0.760. The molecule has 1 aromatic rings. The predicted molar refractivity (Wildman–Crippen MR) is 64.1 cm³/mol. The molecule has 0 unspecified atom stereocenters. The van der Waals surface area contributed by atoms with E-state index in [-0.39, 0.29) is 12.1 Å². The van der Waals surface area contributed by atoms with Crippen molar-refractivity contribution >= 4 is 18.0 Å². The molecular weight excluding hydrogens is 220 g/mol. The van der Waals surface area contributed by atoms with E-state index in [1.165, 1.54) is 13.1 Å². The number of carbonyl (C=O) groups excluding carboxylic acids is 2. The lowest BCUT2D eigenvalue weighted by molar-refractivity contribution is -0.305. The minimum absolute atomic E-state index is 0. The topological polar surface area (TPSA) is 96.9 Å². The van der Waals surface area contributed by atoms with Crippen LogP contribution in [0.4, 0.5) is 0 Å². The summed E-state index contributed by atoms with van der Waals surface area (Å²) < 4.78 is 0. The Morgan fingerprint density at radius 3 is 2.41 bits per heavy atom. The summed E-state index contributed by atoms with van der Waals surface area (Å²) in [4.78, 5) is 22.7. The number of nitrogens with zero attached hydrogens (tertiary/aromatic N) is 1. The van der Waals surface area contributed by atoms with Gasteiger partial charge in [-0.15, -0.1) is 0 Å². The molecular formula is C12H16N2O3. The molecule has 0 fully saturated rings. The van der Waals surface area contributed by atoms with Crippen LogP contribution in [0.5, 0.6) is 0 Å². The molecule has 4 N–H and O–H groups in total. The lowest BCUT2D eigenvalue weighted by atomic mass is 10.2. The van der Waals surface area contributed by atoms with Gasteiger partial charge in [0.2, 0.25) is 5.91 Å². The van der Waals surface area contributed by atoms with E-state index in [4.69, 9.17) is 0 Å². The first-order chi connectivity index (χ1) is 7.59. The SMILES string of the molecule is CN(CC(=O)[O-])C(=O)C=Cc1ccccc1.[NH4+]. The number of rotatable bonds is 4. The summed E-state index contributed by atoms with van der Waals surface area (Å²) in [7, 11) is 1.41. The van der Waals surface area contributed by atoms with Crippen LogP contribution in [0.3, 0.4) is 0 Å². The van der Waals surface area contributed by atoms with Crippen LogP contribution in [-0.4, -0.2) is 30.4 Å². The smallest absolute Gasteiger partial charge is 0.246 e. The molecule has 0 aliphatic carbocycles. The first-order valence-corrected chi connectivity index (χ1v) is 4.77. The lowest BCUT2D eigenvalue weighted by Crippen LogP contribution is -2.38. The van der Waals surface area contributed by atoms with E-state index in [0.717, 1.165) is 10.5 Å². The van der Waals surface area contributed by atoms with Crippen molar-refractivity contribution in [2.75, 3.05) is 13.6 Å². The van der Waals surface area contributed by atoms with Crippen LogP contribution >= 0.6 is 0 Å². The highest BCUT2D eigenvalue weighted by Gasteiger charge is 2.03. The van der Waals surface area contributed by atoms with Crippen molar-refractivity contribution in [1.29, 1.82) is 0 Å². The zero-order valence-electron chi connectivity index (χ0n) is 9.92. The average Bonchev–Trinajstić information content (AvgIpc) is 2.26. The van der Waals surface area contributed by atoms with Gasteiger partial charge in [-0.05, 0) is 11.6 Å². The highest BCUT2D eigenvalue weighted by Crippen LogP contribution is 2.01. The third kappa shape index (κ3) is 5.48. The van der Waals surface area contributed by atoms with Gasteiger partial charge in [0.05, 0.1) is 12.5 Å². The lowest BCUT2D eigenvalue weighted by Gasteiger charge is -2.14. The van der Waals surface area contributed by atoms with Crippen LogP contribution in [0.2, 0.25) is 0 Å². The molecule has 0 heterocycles. The molecule has 0 bridgehead atoms. The molecule has 92 valence electrons. The molecule has 0 aromatic heterocycles. The Hall–Kier alpha value is -2.14. The third-order valence-electron chi connectivity index (χ3n) is 1.96. The molecule has 17 heavy (non-hydrogen) atoms. The minimum Gasteiger partial charge on any atom is -0.548 e. The summed E-state index contributed by atoms with van der Waals surface area (Å²) in [6.07, 6.45) is 2.96. The molecule has 0 saturated heterocycles. The van der Waals surface area contributed by atoms with E-state index in [2.05, 4.69) is 0 Å². The summed E-state index contributed by atoms with van der Waals surface area (Å²) in [6.45, 7) is -0.405. The van der Waals surface area contributed by atoms with Gasteiger partial charge < -0.3 is 21.0 Å². The van der Waals surface area contributed by atoms with Crippen molar-refractivity contribution in [3.05, 3.63) is 42.0 Å². The normalized spacial score (nSPS) is 9.71. The number of likely N-dealkylation sites (N-methyl/N-ethyl adjacent to an activating group) is 1. The van der Waals surface area contributed by atoms with Gasteiger partial charge in [0.1, 0.15) is 0 Å². The first kappa shape index (κ1) is 14.9. The molecule has 1 rings (SSSR count). The second kappa shape index (κ2) is 7.19. The van der Waals surface area contributed by atoms with E-state index in [1.807, 2.05) is 30.3 Å². The zero-order valence-corrected chi connectivity index (χ0v) is 9.92. The number of carbonyl (C=O) groups is 2. The fraction of sp³-hybridized carbons (Fsp3) is 0.167. The third-order valence-corrected chi connectivity index (χ3v) is 1.96. The maximum absolute atomic E-state index is 11.4. The van der Waals surface area contributed by atoms with Crippen LogP contribution in [-0.2, 0) is 9.59 Å². The number of hydrogen-bond acceptors (Lipinski definition) is 3. The standard InChI is InChI=1S/C12H13NO3.H3N/c1-13(9-12(15)16)11(14)8-7-10-5-3-2-4-6-10;/h2-8H,9H2,1H3,(H,15,16);1H3. The Balaban J connectivity index is 0.00000256. The van der Waals surface area contributed by atoms with Crippen molar-refractivity contribution in [2.45, 2.75) is 0 Å². The van der Waals surface area contributed by atoms with Gasteiger partial charge in [0.25, 0.3) is 0 Å². The van der Waals surface area contributed by atoms with Gasteiger partial charge in [-0.2, -0.15) is 0 Å². The summed E-state index contributed by atoms with van der Waals surface area (Å²) >= 11 is 0. The fourth-order valence-corrected chi connectivity index (χ4v) is 1.13. The Kier molecular flexibility index (Phi) is 6.28. The highest BCUT2D eigenvalue weighted by atomic mass is 16.4. The van der Waals surface area contributed by atoms with Crippen LogP contribution in [0.1, 0.15) is 5.56 Å². The van der Waals surface area contributed by atoms with Gasteiger partial charge in [0, 0.05) is 13.1 Å². The maximum atomic E-state index is 11.4. The largest absolute Gasteiger partial charge is 0.548 e. The number of quaternary nitrogens is 1. The molecule has 0 radical (unpaired) electrons. The maximum Gasteiger partial charge on any atom is 0.246 e. The molecule has 5 nitrogen and oxygen atoms in total. The van der Waals surface area contributed by atoms with E-state index < -0.39 is 12.5 Å². The second-order valence-corrected chi connectivity index (χ2v) is 3.31. The zero-order chi connectivity index (χ0) is 12.0. The average molecular weight is 236 g/mol. The Morgan fingerprint density at radius 1 is 1.29 bits per heavy atom. The fourth-order valence-electron chi connectivity index (χ4n) is 1.13. The van der Waals surface area contributed by atoms with E-state index in [0.29, 0.717) is 0 Å². The van der Waals surface area contributed by atoms with Crippen LogP contribution in [0.25, 0.3) is 6.08 Å². The Labute approximate surface area is 99.9 Å². The van der Waals surface area contributed by atoms with Crippen molar-refractivity contribution in [2.24, 2.45) is 0 Å². The number of hydrogen-bond donors (Lipinski definition) is 1. The molecule has 0 spiro atoms. The summed E-state index contributed by atoms with van der Waals surface area (Å²) in [6, 6.07) is 9.29. The predicted octanol–water partition coefficient (Wildman–Crippen LogP) is 0.284. The first-order valence-electron chi connectivity index (χ1n) is 4.77. The number of amides is 1. The summed E-state index contributed by atoms with van der Waals surface area (Å²) in [5.74, 6) is -1.64. The van der Waals surface area contributed by atoms with Crippen molar-refractivity contribution in [1.82, 2.24) is 11.1 Å². The van der Waals surface area contributed by atoms with Crippen LogP contribution in [0.15, 0.2) is 36.4 Å². The minimum atomic E-state index is -1.27. The van der Waals surface area contributed by atoms with Gasteiger partial charge >= 0.3 is 0 Å². The molecule has 0 aliphatic heterocycles. The number of carboxylic acid groups (broad SMARTS) is 1. The molecule has 5 heteroatoms. The molecule has 1 aromatic carbocycles. The monoisotopic (exact) mass is 236 g/mol. The van der Waals surface area contributed by atoms with E-state index >= 15 is 0 Å². The van der Waals surface area contributed by atoms with Crippen molar-refractivity contribution in [3.63, 3.8) is 0 Å². The van der Waals surface area contributed by atoms with E-state index in [9.17, 15) is 14.7 Å². The van der Waals surface area contributed by atoms with Crippen LogP contribution in [0, 0.1) is 0 Å². The molecule has 1 amide bonds. The molecule has 0 aliphatic rings. The summed E-state index contributed by atoms with van der Waals surface area (Å²) in [5, 5.41) is 10.3. The number of carboxylic acids is 1. The van der Waals surface area contributed by atoms with Gasteiger partial charge in [0.15, 0.2) is 0 Å². The van der Waals surface area contributed by atoms with Gasteiger partial charge in [-0.25, -0.2) is 0 Å².